The van der Waals surface area contributed by atoms with E-state index in [0.717, 1.165) is 6.07 Å². The number of aromatic nitrogens is 1. The maximum atomic E-state index is 13.0. The second kappa shape index (κ2) is 4.07. The maximum Gasteiger partial charge on any atom is 0.126 e. The quantitative estimate of drug-likeness (QED) is 0.734. The minimum Gasteiger partial charge on any atom is -0.256 e. The Hall–Kier alpha value is -2.28. The fourth-order valence-corrected chi connectivity index (χ4v) is 1.36. The summed E-state index contributed by atoms with van der Waals surface area (Å²) in [6.07, 6.45) is 1.43. The highest BCUT2D eigenvalue weighted by atomic mass is 19.1. The van der Waals surface area contributed by atoms with Gasteiger partial charge in [0.2, 0.25) is 0 Å². The molecule has 4 heteroatoms. The molecule has 1 aromatic heterocycles. The Morgan fingerprint density at radius 2 is 1.75 bits per heavy atom. The molecular weight excluding hydrogens is 210 g/mol. The molecule has 0 bridgehead atoms. The molecule has 0 unspecified atom stereocenters. The predicted molar refractivity (Wildman–Crippen MR) is 54.3 cm³/mol. The highest BCUT2D eigenvalue weighted by molar-refractivity contribution is 5.60. The Morgan fingerprint density at radius 1 is 1.06 bits per heavy atom. The van der Waals surface area contributed by atoms with E-state index in [9.17, 15) is 8.78 Å². The van der Waals surface area contributed by atoms with Gasteiger partial charge >= 0.3 is 0 Å². The molecule has 0 fully saturated rings. The van der Waals surface area contributed by atoms with Gasteiger partial charge in [-0.1, -0.05) is 0 Å². The largest absolute Gasteiger partial charge is 0.256 e. The van der Waals surface area contributed by atoms with Gasteiger partial charge in [0.25, 0.3) is 0 Å². The summed E-state index contributed by atoms with van der Waals surface area (Å²) >= 11 is 0. The Kier molecular flexibility index (Phi) is 2.61. The van der Waals surface area contributed by atoms with E-state index in [4.69, 9.17) is 5.26 Å². The van der Waals surface area contributed by atoms with Gasteiger partial charge in [-0.15, -0.1) is 0 Å². The average molecular weight is 216 g/mol. The number of pyridine rings is 1. The summed E-state index contributed by atoms with van der Waals surface area (Å²) in [6.45, 7) is 0. The molecule has 2 rings (SSSR count). The first-order valence-corrected chi connectivity index (χ1v) is 4.51. The highest BCUT2D eigenvalue weighted by Crippen LogP contribution is 2.20. The van der Waals surface area contributed by atoms with Gasteiger partial charge in [-0.3, -0.25) is 4.98 Å². The molecule has 0 saturated carbocycles. The van der Waals surface area contributed by atoms with Gasteiger partial charge in [0, 0.05) is 17.8 Å². The number of benzene rings is 1. The van der Waals surface area contributed by atoms with Crippen LogP contribution in [0.5, 0.6) is 0 Å². The summed E-state index contributed by atoms with van der Waals surface area (Å²) in [7, 11) is 0. The van der Waals surface area contributed by atoms with Crippen molar-refractivity contribution in [2.45, 2.75) is 0 Å². The van der Waals surface area contributed by atoms with Crippen LogP contribution in [0.4, 0.5) is 8.78 Å². The van der Waals surface area contributed by atoms with E-state index in [1.54, 1.807) is 0 Å². The summed E-state index contributed by atoms with van der Waals surface area (Å²) < 4.78 is 25.9. The van der Waals surface area contributed by atoms with Crippen molar-refractivity contribution in [3.63, 3.8) is 0 Å². The van der Waals surface area contributed by atoms with Crippen LogP contribution in [0.2, 0.25) is 0 Å². The molecule has 0 N–H and O–H groups in total. The molecule has 0 spiro atoms. The van der Waals surface area contributed by atoms with E-state index >= 15 is 0 Å². The van der Waals surface area contributed by atoms with Crippen LogP contribution in [0, 0.1) is 23.0 Å². The second-order valence-corrected chi connectivity index (χ2v) is 3.20. The molecular formula is C12H6F2N2. The molecule has 78 valence electrons. The minimum atomic E-state index is -0.667. The lowest BCUT2D eigenvalue weighted by molar-refractivity contribution is 0.584. The molecule has 0 aliphatic carbocycles. The number of halogens is 2. The van der Waals surface area contributed by atoms with E-state index in [1.807, 2.05) is 6.07 Å². The van der Waals surface area contributed by atoms with Crippen molar-refractivity contribution in [3.05, 3.63) is 53.7 Å². The van der Waals surface area contributed by atoms with Crippen molar-refractivity contribution in [3.8, 4) is 17.3 Å². The average Bonchev–Trinajstić information content (AvgIpc) is 2.28. The maximum absolute atomic E-state index is 13.0. The van der Waals surface area contributed by atoms with Gasteiger partial charge in [-0.2, -0.15) is 5.26 Å². The van der Waals surface area contributed by atoms with Crippen molar-refractivity contribution in [2.75, 3.05) is 0 Å². The molecule has 0 amide bonds. The van der Waals surface area contributed by atoms with Gasteiger partial charge in [0.05, 0.1) is 17.3 Å². The summed E-state index contributed by atoms with van der Waals surface area (Å²) in [5.74, 6) is -1.33. The Morgan fingerprint density at radius 3 is 2.38 bits per heavy atom. The third-order valence-electron chi connectivity index (χ3n) is 2.05. The molecule has 0 atom stereocenters. The lowest BCUT2D eigenvalue weighted by Crippen LogP contribution is -1.88. The SMILES string of the molecule is N#Cc1ccnc(-c2cc(F)cc(F)c2)c1. The Bertz CT molecular complexity index is 553. The normalized spacial score (nSPS) is 9.81. The lowest BCUT2D eigenvalue weighted by atomic mass is 10.1. The predicted octanol–water partition coefficient (Wildman–Crippen LogP) is 2.90. The number of rotatable bonds is 1. The van der Waals surface area contributed by atoms with E-state index in [0.29, 0.717) is 16.8 Å². The van der Waals surface area contributed by atoms with Crippen molar-refractivity contribution in [2.24, 2.45) is 0 Å². The van der Waals surface area contributed by atoms with E-state index in [1.165, 1.54) is 30.5 Å². The third-order valence-corrected chi connectivity index (χ3v) is 2.05. The molecule has 0 aliphatic heterocycles. The van der Waals surface area contributed by atoms with Gasteiger partial charge in [-0.25, -0.2) is 8.78 Å². The monoisotopic (exact) mass is 216 g/mol. The van der Waals surface area contributed by atoms with Crippen molar-refractivity contribution in [1.82, 2.24) is 4.98 Å². The zero-order valence-electron chi connectivity index (χ0n) is 8.11. The summed E-state index contributed by atoms with van der Waals surface area (Å²) in [5, 5.41) is 8.69. The first-order valence-electron chi connectivity index (χ1n) is 4.51. The van der Waals surface area contributed by atoms with Crippen LogP contribution in [0.25, 0.3) is 11.3 Å². The van der Waals surface area contributed by atoms with Crippen LogP contribution in [-0.4, -0.2) is 4.98 Å². The van der Waals surface area contributed by atoms with Crippen molar-refractivity contribution in [1.29, 1.82) is 5.26 Å². The summed E-state index contributed by atoms with van der Waals surface area (Å²) in [5.41, 5.74) is 1.08. The van der Waals surface area contributed by atoms with Crippen LogP contribution in [0.15, 0.2) is 36.5 Å². The summed E-state index contributed by atoms with van der Waals surface area (Å²) in [4.78, 5) is 3.96. The first-order chi connectivity index (χ1) is 7.69. The number of hydrogen-bond acceptors (Lipinski definition) is 2. The van der Waals surface area contributed by atoms with Gasteiger partial charge < -0.3 is 0 Å². The van der Waals surface area contributed by atoms with E-state index in [2.05, 4.69) is 4.98 Å². The fourth-order valence-electron chi connectivity index (χ4n) is 1.36. The molecule has 2 aromatic rings. The molecule has 0 aliphatic rings. The molecule has 16 heavy (non-hydrogen) atoms. The number of nitrogens with zero attached hydrogens (tertiary/aromatic N) is 2. The first kappa shape index (κ1) is 10.2. The molecule has 2 nitrogen and oxygen atoms in total. The topological polar surface area (TPSA) is 36.7 Å². The molecule has 0 radical (unpaired) electrons. The molecule has 1 heterocycles. The Labute approximate surface area is 90.8 Å². The molecule has 0 saturated heterocycles. The van der Waals surface area contributed by atoms with Crippen LogP contribution in [0.1, 0.15) is 5.56 Å². The Balaban J connectivity index is 2.54. The van der Waals surface area contributed by atoms with Crippen molar-refractivity contribution < 1.29 is 8.78 Å². The molecule has 1 aromatic carbocycles. The van der Waals surface area contributed by atoms with Crippen molar-refractivity contribution >= 4 is 0 Å². The van der Waals surface area contributed by atoms with Crippen LogP contribution < -0.4 is 0 Å². The smallest absolute Gasteiger partial charge is 0.126 e. The minimum absolute atomic E-state index is 0.314. The standard InChI is InChI=1S/C12H6F2N2/c13-10-4-9(5-11(14)6-10)12-3-8(7-15)1-2-16-12/h1-6H. The second-order valence-electron chi connectivity index (χ2n) is 3.20. The zero-order chi connectivity index (χ0) is 11.5. The van der Waals surface area contributed by atoms with E-state index in [-0.39, 0.29) is 0 Å². The van der Waals surface area contributed by atoms with E-state index < -0.39 is 11.6 Å². The zero-order valence-corrected chi connectivity index (χ0v) is 8.11. The van der Waals surface area contributed by atoms with Crippen LogP contribution in [-0.2, 0) is 0 Å². The number of nitriles is 1. The van der Waals surface area contributed by atoms with Crippen LogP contribution in [0.3, 0.4) is 0 Å². The summed E-state index contributed by atoms with van der Waals surface area (Å²) in [6, 6.07) is 8.08. The lowest BCUT2D eigenvalue weighted by Gasteiger charge is -2.01. The van der Waals surface area contributed by atoms with Gasteiger partial charge in [0.1, 0.15) is 11.6 Å². The van der Waals surface area contributed by atoms with Crippen LogP contribution >= 0.6 is 0 Å². The van der Waals surface area contributed by atoms with Gasteiger partial charge in [0.15, 0.2) is 0 Å². The highest BCUT2D eigenvalue weighted by Gasteiger charge is 2.04. The fraction of sp³-hybridized carbons (Fsp3) is 0. The number of hydrogen-bond donors (Lipinski definition) is 0. The third kappa shape index (κ3) is 2.04. The van der Waals surface area contributed by atoms with Gasteiger partial charge in [-0.05, 0) is 24.3 Å².